The number of carbonyl (C=O) groups is 1. The molecule has 0 amide bonds. The lowest BCUT2D eigenvalue weighted by Crippen LogP contribution is -2.59. The van der Waals surface area contributed by atoms with Crippen molar-refractivity contribution in [1.82, 2.24) is 5.32 Å². The second-order valence-electron chi connectivity index (χ2n) is 11.0. The maximum absolute atomic E-state index is 12.0. The van der Waals surface area contributed by atoms with E-state index in [0.29, 0.717) is 0 Å². The van der Waals surface area contributed by atoms with Gasteiger partial charge in [-0.2, -0.15) is 0 Å². The zero-order chi connectivity index (χ0) is 22.5. The molecular formula is C27H51NO2. The number of unbranched alkanes of at least 4 members (excludes halogenated alkanes) is 10. The minimum Gasteiger partial charge on any atom is -0.481 e. The molecule has 1 aliphatic heterocycles. The SMILES string of the molecule is CCCCCCCC/C=C\CCCCCCC(C(=O)O)C1CC(C)(C)NC(C)(C)C1. The van der Waals surface area contributed by atoms with Crippen LogP contribution < -0.4 is 5.32 Å². The lowest BCUT2D eigenvalue weighted by atomic mass is 9.69. The Morgan fingerprint density at radius 2 is 1.33 bits per heavy atom. The van der Waals surface area contributed by atoms with E-state index in [-0.39, 0.29) is 22.9 Å². The molecule has 176 valence electrons. The average molecular weight is 422 g/mol. The highest BCUT2D eigenvalue weighted by molar-refractivity contribution is 5.70. The molecule has 1 fully saturated rings. The Hall–Kier alpha value is -0.830. The quantitative estimate of drug-likeness (QED) is 0.197. The van der Waals surface area contributed by atoms with Crippen molar-refractivity contribution in [2.24, 2.45) is 11.8 Å². The van der Waals surface area contributed by atoms with E-state index in [2.05, 4.69) is 52.1 Å². The molecule has 1 rings (SSSR count). The van der Waals surface area contributed by atoms with Crippen molar-refractivity contribution in [1.29, 1.82) is 0 Å². The molecule has 0 saturated carbocycles. The Kier molecular flexibility index (Phi) is 12.9. The molecule has 1 heterocycles. The summed E-state index contributed by atoms with van der Waals surface area (Å²) in [7, 11) is 0. The van der Waals surface area contributed by atoms with E-state index < -0.39 is 5.97 Å². The fraction of sp³-hybridized carbons (Fsp3) is 0.889. The summed E-state index contributed by atoms with van der Waals surface area (Å²) >= 11 is 0. The van der Waals surface area contributed by atoms with Crippen molar-refractivity contribution in [2.75, 3.05) is 0 Å². The number of allylic oxidation sites excluding steroid dienone is 2. The Morgan fingerprint density at radius 1 is 0.867 bits per heavy atom. The van der Waals surface area contributed by atoms with Crippen LogP contribution in [0.25, 0.3) is 0 Å². The second kappa shape index (κ2) is 14.3. The minimum absolute atomic E-state index is 0.0158. The molecule has 0 aliphatic carbocycles. The molecule has 2 N–H and O–H groups in total. The maximum Gasteiger partial charge on any atom is 0.306 e. The largest absolute Gasteiger partial charge is 0.481 e. The van der Waals surface area contributed by atoms with Crippen LogP contribution in [0.2, 0.25) is 0 Å². The number of piperidine rings is 1. The van der Waals surface area contributed by atoms with Gasteiger partial charge in [-0.05, 0) is 78.6 Å². The van der Waals surface area contributed by atoms with Crippen LogP contribution in [0.1, 0.15) is 131 Å². The summed E-state index contributed by atoms with van der Waals surface area (Å²) in [5.74, 6) is -0.507. The highest BCUT2D eigenvalue weighted by Gasteiger charge is 2.42. The first-order valence-electron chi connectivity index (χ1n) is 12.8. The Balaban J connectivity index is 2.16. The molecule has 0 aromatic heterocycles. The van der Waals surface area contributed by atoms with Crippen molar-refractivity contribution in [3.8, 4) is 0 Å². The molecule has 1 aliphatic rings. The van der Waals surface area contributed by atoms with Crippen molar-refractivity contribution < 1.29 is 9.90 Å². The first-order valence-corrected chi connectivity index (χ1v) is 12.8. The van der Waals surface area contributed by atoms with Gasteiger partial charge in [0.1, 0.15) is 0 Å². The molecular weight excluding hydrogens is 370 g/mol. The molecule has 30 heavy (non-hydrogen) atoms. The fourth-order valence-corrected chi connectivity index (χ4v) is 5.50. The third kappa shape index (κ3) is 12.1. The van der Waals surface area contributed by atoms with Crippen molar-refractivity contribution in [3.05, 3.63) is 12.2 Å². The van der Waals surface area contributed by atoms with Crippen LogP contribution in [0.4, 0.5) is 0 Å². The zero-order valence-corrected chi connectivity index (χ0v) is 20.8. The summed E-state index contributed by atoms with van der Waals surface area (Å²) in [6.45, 7) is 11.1. The summed E-state index contributed by atoms with van der Waals surface area (Å²) in [4.78, 5) is 12.0. The van der Waals surface area contributed by atoms with E-state index in [1.54, 1.807) is 0 Å². The van der Waals surface area contributed by atoms with Crippen molar-refractivity contribution in [3.63, 3.8) is 0 Å². The first kappa shape index (κ1) is 27.2. The van der Waals surface area contributed by atoms with Gasteiger partial charge < -0.3 is 10.4 Å². The van der Waals surface area contributed by atoms with Crippen LogP contribution in [-0.4, -0.2) is 22.2 Å². The van der Waals surface area contributed by atoms with Gasteiger partial charge in [0, 0.05) is 11.1 Å². The normalized spacial score (nSPS) is 19.9. The highest BCUT2D eigenvalue weighted by Crippen LogP contribution is 2.38. The molecule has 3 heteroatoms. The predicted molar refractivity (Wildman–Crippen MR) is 130 cm³/mol. The molecule has 1 atom stereocenters. The van der Waals surface area contributed by atoms with Gasteiger partial charge in [0.2, 0.25) is 0 Å². The number of carboxylic acid groups (broad SMARTS) is 1. The monoisotopic (exact) mass is 421 g/mol. The van der Waals surface area contributed by atoms with E-state index in [1.165, 1.54) is 64.2 Å². The third-order valence-corrected chi connectivity index (χ3v) is 6.63. The number of hydrogen-bond donors (Lipinski definition) is 2. The van der Waals surface area contributed by atoms with Crippen molar-refractivity contribution in [2.45, 2.75) is 142 Å². The Bertz CT molecular complexity index is 479. The Labute approximate surface area is 187 Å². The molecule has 1 saturated heterocycles. The minimum atomic E-state index is -0.592. The number of rotatable bonds is 16. The van der Waals surface area contributed by atoms with Crippen LogP contribution in [0.3, 0.4) is 0 Å². The summed E-state index contributed by atoms with van der Waals surface area (Å²) in [5.41, 5.74) is 0.0317. The van der Waals surface area contributed by atoms with Crippen LogP contribution >= 0.6 is 0 Å². The zero-order valence-electron chi connectivity index (χ0n) is 20.8. The van der Waals surface area contributed by atoms with Gasteiger partial charge >= 0.3 is 5.97 Å². The molecule has 0 spiro atoms. The number of nitrogens with one attached hydrogen (secondary N) is 1. The molecule has 0 aromatic rings. The molecule has 0 bridgehead atoms. The molecule has 3 nitrogen and oxygen atoms in total. The van der Waals surface area contributed by atoms with E-state index in [0.717, 1.165) is 32.1 Å². The number of hydrogen-bond acceptors (Lipinski definition) is 2. The average Bonchev–Trinajstić information content (AvgIpc) is 2.62. The van der Waals surface area contributed by atoms with E-state index in [1.807, 2.05) is 0 Å². The van der Waals surface area contributed by atoms with Gasteiger partial charge in [-0.1, -0.05) is 70.4 Å². The fourth-order valence-electron chi connectivity index (χ4n) is 5.50. The molecule has 1 unspecified atom stereocenters. The van der Waals surface area contributed by atoms with Gasteiger partial charge in [-0.3, -0.25) is 4.79 Å². The van der Waals surface area contributed by atoms with E-state index in [9.17, 15) is 9.90 Å². The number of aliphatic carboxylic acids is 1. The van der Waals surface area contributed by atoms with Crippen LogP contribution in [-0.2, 0) is 4.79 Å². The van der Waals surface area contributed by atoms with Crippen LogP contribution in [0.15, 0.2) is 12.2 Å². The van der Waals surface area contributed by atoms with Gasteiger partial charge in [0.05, 0.1) is 5.92 Å². The standard InChI is InChI=1S/C27H51NO2/c1-6-7-8-9-10-11-12-13-14-15-16-17-18-19-20-24(25(29)30)23-21-26(2,3)28-27(4,5)22-23/h13-14,23-24,28H,6-12,15-22H2,1-5H3,(H,29,30)/b14-13-. The summed E-state index contributed by atoms with van der Waals surface area (Å²) < 4.78 is 0. The first-order chi connectivity index (χ1) is 14.2. The summed E-state index contributed by atoms with van der Waals surface area (Å²) in [6, 6.07) is 0. The third-order valence-electron chi connectivity index (χ3n) is 6.63. The molecule has 0 aromatic carbocycles. The summed E-state index contributed by atoms with van der Waals surface area (Å²) in [6.07, 6.45) is 22.7. The lowest BCUT2D eigenvalue weighted by molar-refractivity contribution is -0.145. The van der Waals surface area contributed by atoms with Gasteiger partial charge in [-0.15, -0.1) is 0 Å². The Morgan fingerprint density at radius 3 is 1.83 bits per heavy atom. The molecule has 0 radical (unpaired) electrons. The van der Waals surface area contributed by atoms with Crippen molar-refractivity contribution >= 4 is 5.97 Å². The van der Waals surface area contributed by atoms with Gasteiger partial charge in [0.15, 0.2) is 0 Å². The predicted octanol–water partition coefficient (Wildman–Crippen LogP) is 7.89. The smallest absolute Gasteiger partial charge is 0.306 e. The lowest BCUT2D eigenvalue weighted by Gasteiger charge is -2.48. The second-order valence-corrected chi connectivity index (χ2v) is 11.0. The van der Waals surface area contributed by atoms with Gasteiger partial charge in [0.25, 0.3) is 0 Å². The van der Waals surface area contributed by atoms with E-state index >= 15 is 0 Å². The summed E-state index contributed by atoms with van der Waals surface area (Å²) in [5, 5.41) is 13.5. The van der Waals surface area contributed by atoms with Gasteiger partial charge in [-0.25, -0.2) is 0 Å². The van der Waals surface area contributed by atoms with Crippen LogP contribution in [0.5, 0.6) is 0 Å². The van der Waals surface area contributed by atoms with Crippen LogP contribution in [0, 0.1) is 11.8 Å². The number of carboxylic acids is 1. The topological polar surface area (TPSA) is 49.3 Å². The maximum atomic E-state index is 12.0. The van der Waals surface area contributed by atoms with E-state index in [4.69, 9.17) is 0 Å². The highest BCUT2D eigenvalue weighted by atomic mass is 16.4.